The third-order valence-electron chi connectivity index (χ3n) is 11.5. The standard InChI is InChI=1S/C38H54Cl2N2O4/c1-38-18-17-33-32-14-13-31(43)26-29(32)25-28(36(33)34(38)15-16-35(38)44)8-4-2-3-5-24-46-37(45)41-21-6-7-27-9-11-30(12-10-27)42(22-19-39)23-20-40/h9-14,26,28,33-36,43-44H,2-8,15-25H2,1H3,(H,41,45)/t28-,33-,34+,35+,36-,38+/m1/s1. The number of anilines is 1. The Hall–Kier alpha value is -2.15. The van der Waals surface area contributed by atoms with Gasteiger partial charge in [0.15, 0.2) is 0 Å². The summed E-state index contributed by atoms with van der Waals surface area (Å²) < 4.78 is 5.44. The van der Waals surface area contributed by atoms with Gasteiger partial charge in [-0.3, -0.25) is 0 Å². The Kier molecular flexibility index (Phi) is 12.8. The van der Waals surface area contributed by atoms with Gasteiger partial charge in [0.05, 0.1) is 12.7 Å². The van der Waals surface area contributed by atoms with Crippen molar-refractivity contribution < 1.29 is 19.7 Å². The zero-order valence-corrected chi connectivity index (χ0v) is 29.1. The molecule has 6 atom stereocenters. The van der Waals surface area contributed by atoms with Crippen LogP contribution in [0.25, 0.3) is 0 Å². The summed E-state index contributed by atoms with van der Waals surface area (Å²) in [7, 11) is 0. The first-order valence-corrected chi connectivity index (χ1v) is 18.8. The number of aromatic hydroxyl groups is 1. The number of halogens is 2. The Morgan fingerprint density at radius 2 is 1.76 bits per heavy atom. The van der Waals surface area contributed by atoms with Gasteiger partial charge in [0, 0.05) is 37.1 Å². The Labute approximate surface area is 286 Å². The second-order valence-electron chi connectivity index (χ2n) is 14.2. The topological polar surface area (TPSA) is 82.0 Å². The van der Waals surface area contributed by atoms with E-state index in [4.69, 9.17) is 27.9 Å². The molecule has 1 amide bonds. The van der Waals surface area contributed by atoms with E-state index in [9.17, 15) is 15.0 Å². The van der Waals surface area contributed by atoms with E-state index in [-0.39, 0.29) is 17.6 Å². The van der Waals surface area contributed by atoms with Gasteiger partial charge in [0.25, 0.3) is 0 Å². The van der Waals surface area contributed by atoms with Crippen LogP contribution in [0.1, 0.15) is 93.7 Å². The maximum atomic E-state index is 12.2. The smallest absolute Gasteiger partial charge is 0.407 e. The van der Waals surface area contributed by atoms with Crippen LogP contribution in [0.5, 0.6) is 5.75 Å². The van der Waals surface area contributed by atoms with Crippen LogP contribution in [-0.4, -0.2) is 60.4 Å². The molecule has 3 aliphatic carbocycles. The maximum Gasteiger partial charge on any atom is 0.407 e. The SMILES string of the molecule is C[C@]12CC[C@@H]3c4ccc(O)cc4C[C@@H](CCCCCCOC(=O)NCCCc4ccc(N(CCCl)CCCl)cc4)[C@H]3[C@@H]1CC[C@@H]2O. The average Bonchev–Trinajstić information content (AvgIpc) is 3.36. The van der Waals surface area contributed by atoms with Crippen molar-refractivity contribution in [2.75, 3.05) is 42.9 Å². The van der Waals surface area contributed by atoms with Crippen LogP contribution in [0.2, 0.25) is 0 Å². The van der Waals surface area contributed by atoms with Crippen molar-refractivity contribution in [3.05, 3.63) is 59.2 Å². The van der Waals surface area contributed by atoms with Crippen molar-refractivity contribution in [2.45, 2.75) is 96.0 Å². The molecule has 0 spiro atoms. The fourth-order valence-electron chi connectivity index (χ4n) is 9.04. The summed E-state index contributed by atoms with van der Waals surface area (Å²) in [6.45, 7) is 4.93. The predicted molar refractivity (Wildman–Crippen MR) is 188 cm³/mol. The molecule has 6 nitrogen and oxygen atoms in total. The van der Waals surface area contributed by atoms with Crippen LogP contribution in [0, 0.1) is 23.2 Å². The normalized spacial score (nSPS) is 26.6. The van der Waals surface area contributed by atoms with Gasteiger partial charge in [-0.05, 0) is 128 Å². The number of ether oxygens (including phenoxy) is 1. The van der Waals surface area contributed by atoms with Crippen molar-refractivity contribution in [1.82, 2.24) is 5.32 Å². The fraction of sp³-hybridized carbons (Fsp3) is 0.658. The highest BCUT2D eigenvalue weighted by molar-refractivity contribution is 6.18. The number of carbonyl (C=O) groups excluding carboxylic acids is 1. The first kappa shape index (κ1) is 35.2. The minimum Gasteiger partial charge on any atom is -0.508 e. The number of unbranched alkanes of at least 4 members (excludes halogenated alkanes) is 3. The number of nitrogens with zero attached hydrogens (tertiary/aromatic N) is 1. The molecule has 0 aromatic heterocycles. The molecule has 46 heavy (non-hydrogen) atoms. The van der Waals surface area contributed by atoms with Gasteiger partial charge in [-0.15, -0.1) is 23.2 Å². The highest BCUT2D eigenvalue weighted by Crippen LogP contribution is 2.62. The number of aliphatic hydroxyl groups excluding tert-OH is 1. The maximum absolute atomic E-state index is 12.2. The molecule has 0 unspecified atom stereocenters. The van der Waals surface area contributed by atoms with Crippen molar-refractivity contribution in [3.63, 3.8) is 0 Å². The van der Waals surface area contributed by atoms with Crippen molar-refractivity contribution in [1.29, 1.82) is 0 Å². The molecule has 0 saturated heterocycles. The van der Waals surface area contributed by atoms with Gasteiger partial charge in [-0.2, -0.15) is 0 Å². The summed E-state index contributed by atoms with van der Waals surface area (Å²) >= 11 is 11.8. The number of nitrogens with one attached hydrogen (secondary N) is 1. The van der Waals surface area contributed by atoms with E-state index in [1.54, 1.807) is 0 Å². The molecular weight excluding hydrogens is 619 g/mol. The highest BCUT2D eigenvalue weighted by Gasteiger charge is 2.56. The lowest BCUT2D eigenvalue weighted by atomic mass is 9.52. The molecule has 2 aromatic carbocycles. The minimum absolute atomic E-state index is 0.0500. The monoisotopic (exact) mass is 672 g/mol. The number of rotatable bonds is 16. The number of fused-ring (bicyclic) bond motifs is 5. The Balaban J connectivity index is 0.979. The van der Waals surface area contributed by atoms with Crippen molar-refractivity contribution in [3.8, 4) is 5.75 Å². The Bertz CT molecular complexity index is 1250. The second kappa shape index (κ2) is 16.8. The molecule has 2 fully saturated rings. The zero-order valence-electron chi connectivity index (χ0n) is 27.6. The molecule has 8 heteroatoms. The highest BCUT2D eigenvalue weighted by atomic mass is 35.5. The molecular formula is C38H54Cl2N2O4. The quantitative estimate of drug-likeness (QED) is 0.123. The Morgan fingerprint density at radius 1 is 1.00 bits per heavy atom. The minimum atomic E-state index is -0.331. The van der Waals surface area contributed by atoms with E-state index in [2.05, 4.69) is 47.5 Å². The number of carbonyl (C=O) groups is 1. The number of alkyl halides is 2. The lowest BCUT2D eigenvalue weighted by Crippen LogP contribution is -2.47. The second-order valence-corrected chi connectivity index (χ2v) is 14.9. The molecule has 3 aliphatic rings. The van der Waals surface area contributed by atoms with Crippen LogP contribution in [-0.2, 0) is 17.6 Å². The van der Waals surface area contributed by atoms with E-state index in [1.807, 2.05) is 12.1 Å². The third kappa shape index (κ3) is 8.46. The van der Waals surface area contributed by atoms with E-state index in [1.165, 1.54) is 29.5 Å². The molecule has 0 bridgehead atoms. The Morgan fingerprint density at radius 3 is 2.52 bits per heavy atom. The number of hydrogen-bond acceptors (Lipinski definition) is 5. The van der Waals surface area contributed by atoms with Gasteiger partial charge in [-0.1, -0.05) is 44.4 Å². The predicted octanol–water partition coefficient (Wildman–Crippen LogP) is 8.43. The molecule has 3 N–H and O–H groups in total. The summed E-state index contributed by atoms with van der Waals surface area (Å²) in [5, 5.41) is 24.0. The lowest BCUT2D eigenvalue weighted by Gasteiger charge is -2.53. The molecule has 254 valence electrons. The van der Waals surface area contributed by atoms with Crippen LogP contribution in [0.15, 0.2) is 42.5 Å². The lowest BCUT2D eigenvalue weighted by molar-refractivity contribution is -0.0396. The van der Waals surface area contributed by atoms with Crippen LogP contribution >= 0.6 is 23.2 Å². The van der Waals surface area contributed by atoms with E-state index < -0.39 is 0 Å². The van der Waals surface area contributed by atoms with Gasteiger partial charge >= 0.3 is 6.09 Å². The summed E-state index contributed by atoms with van der Waals surface area (Å²) in [5.74, 6) is 3.84. The largest absolute Gasteiger partial charge is 0.508 e. The van der Waals surface area contributed by atoms with Crippen molar-refractivity contribution >= 4 is 35.0 Å². The molecule has 2 aromatic rings. The number of phenols is 1. The summed E-state index contributed by atoms with van der Waals surface area (Å²) in [5.41, 5.74) is 5.19. The van der Waals surface area contributed by atoms with E-state index in [0.29, 0.717) is 54.3 Å². The first-order chi connectivity index (χ1) is 22.3. The van der Waals surface area contributed by atoms with Crippen LogP contribution in [0.3, 0.4) is 0 Å². The number of benzene rings is 2. The van der Waals surface area contributed by atoms with Gasteiger partial charge < -0.3 is 25.2 Å². The molecule has 5 rings (SSSR count). The van der Waals surface area contributed by atoms with Crippen LogP contribution < -0.4 is 10.2 Å². The van der Waals surface area contributed by atoms with Gasteiger partial charge in [0.1, 0.15) is 5.75 Å². The zero-order chi connectivity index (χ0) is 32.5. The summed E-state index contributed by atoms with van der Waals surface area (Å²) in [4.78, 5) is 14.4. The number of phenolic OH excluding ortho intramolecular Hbond substituents is 1. The van der Waals surface area contributed by atoms with Crippen molar-refractivity contribution in [2.24, 2.45) is 23.2 Å². The molecule has 0 aliphatic heterocycles. The number of amides is 1. The summed E-state index contributed by atoms with van der Waals surface area (Å²) in [6, 6.07) is 14.5. The average molecular weight is 674 g/mol. The third-order valence-corrected chi connectivity index (χ3v) is 11.8. The summed E-state index contributed by atoms with van der Waals surface area (Å²) in [6.07, 6.45) is 12.0. The van der Waals surface area contributed by atoms with Gasteiger partial charge in [-0.25, -0.2) is 4.79 Å². The molecule has 0 heterocycles. The number of hydrogen-bond donors (Lipinski definition) is 3. The first-order valence-electron chi connectivity index (χ1n) is 17.7. The fourth-order valence-corrected chi connectivity index (χ4v) is 9.45. The molecule has 2 saturated carbocycles. The number of aryl methyl sites for hydroxylation is 1. The number of alkyl carbamates (subject to hydrolysis) is 1. The van der Waals surface area contributed by atoms with E-state index >= 15 is 0 Å². The number of aliphatic hydroxyl groups is 1. The van der Waals surface area contributed by atoms with E-state index in [0.717, 1.165) is 83.0 Å². The van der Waals surface area contributed by atoms with Crippen LogP contribution in [0.4, 0.5) is 10.5 Å². The van der Waals surface area contributed by atoms with Gasteiger partial charge in [0.2, 0.25) is 0 Å². The molecule has 0 radical (unpaired) electrons.